The summed E-state index contributed by atoms with van der Waals surface area (Å²) in [4.78, 5) is 23.2. The zero-order chi connectivity index (χ0) is 14.7. The Kier molecular flexibility index (Phi) is 4.59. The number of halogens is 1. The van der Waals surface area contributed by atoms with E-state index in [1.54, 1.807) is 7.11 Å². The molecular weight excluding hydrogens is 284 g/mol. The van der Waals surface area contributed by atoms with Crippen LogP contribution in [0.5, 0.6) is 0 Å². The minimum Gasteiger partial charge on any atom is -0.478 e. The first-order chi connectivity index (χ1) is 9.51. The van der Waals surface area contributed by atoms with Gasteiger partial charge in [0, 0.05) is 18.7 Å². The van der Waals surface area contributed by atoms with E-state index in [-0.39, 0.29) is 23.3 Å². The SMILES string of the molecule is COC1CNC(C(=O)Nc2ccc(Cl)cc2C(=O)O)C1. The van der Waals surface area contributed by atoms with Crippen LogP contribution >= 0.6 is 11.6 Å². The summed E-state index contributed by atoms with van der Waals surface area (Å²) < 4.78 is 5.17. The van der Waals surface area contributed by atoms with Crippen molar-refractivity contribution in [1.29, 1.82) is 0 Å². The molecule has 0 spiro atoms. The van der Waals surface area contributed by atoms with Gasteiger partial charge in [0.05, 0.1) is 23.4 Å². The number of ether oxygens (including phenoxy) is 1. The number of carboxylic acids is 1. The Balaban J connectivity index is 2.10. The molecule has 0 aromatic heterocycles. The van der Waals surface area contributed by atoms with E-state index in [9.17, 15) is 9.59 Å². The van der Waals surface area contributed by atoms with Crippen LogP contribution in [0.15, 0.2) is 18.2 Å². The molecule has 7 heteroatoms. The van der Waals surface area contributed by atoms with Crippen LogP contribution in [0.4, 0.5) is 5.69 Å². The van der Waals surface area contributed by atoms with Crippen molar-refractivity contribution in [3.05, 3.63) is 28.8 Å². The lowest BCUT2D eigenvalue weighted by Crippen LogP contribution is -2.35. The first kappa shape index (κ1) is 14.8. The molecule has 2 unspecified atom stereocenters. The molecule has 6 nitrogen and oxygen atoms in total. The summed E-state index contributed by atoms with van der Waals surface area (Å²) in [5, 5.41) is 15.0. The molecule has 2 atom stereocenters. The fraction of sp³-hybridized carbons (Fsp3) is 0.385. The predicted molar refractivity (Wildman–Crippen MR) is 74.2 cm³/mol. The first-order valence-electron chi connectivity index (χ1n) is 6.11. The maximum absolute atomic E-state index is 12.1. The Morgan fingerprint density at radius 1 is 1.50 bits per heavy atom. The molecular formula is C13H15ClN2O4. The van der Waals surface area contributed by atoms with E-state index in [2.05, 4.69) is 10.6 Å². The molecule has 1 amide bonds. The molecule has 0 saturated carbocycles. The lowest BCUT2D eigenvalue weighted by molar-refractivity contribution is -0.118. The summed E-state index contributed by atoms with van der Waals surface area (Å²) in [5.41, 5.74) is 0.196. The van der Waals surface area contributed by atoms with E-state index in [1.165, 1.54) is 18.2 Å². The smallest absolute Gasteiger partial charge is 0.337 e. The number of carbonyl (C=O) groups is 2. The average molecular weight is 299 g/mol. The van der Waals surface area contributed by atoms with Gasteiger partial charge in [-0.25, -0.2) is 4.79 Å². The third kappa shape index (κ3) is 3.27. The molecule has 1 aliphatic rings. The van der Waals surface area contributed by atoms with E-state index in [4.69, 9.17) is 21.4 Å². The monoisotopic (exact) mass is 298 g/mol. The van der Waals surface area contributed by atoms with Crippen molar-refractivity contribution in [2.45, 2.75) is 18.6 Å². The van der Waals surface area contributed by atoms with Gasteiger partial charge in [0.2, 0.25) is 5.91 Å². The van der Waals surface area contributed by atoms with Gasteiger partial charge in [-0.3, -0.25) is 4.79 Å². The van der Waals surface area contributed by atoms with Crippen LogP contribution < -0.4 is 10.6 Å². The molecule has 1 aromatic carbocycles. The van der Waals surface area contributed by atoms with Gasteiger partial charge < -0.3 is 20.5 Å². The summed E-state index contributed by atoms with van der Waals surface area (Å²) in [6.45, 7) is 0.598. The summed E-state index contributed by atoms with van der Waals surface area (Å²) in [6.07, 6.45) is 0.549. The Bertz CT molecular complexity index is 535. The lowest BCUT2D eigenvalue weighted by atomic mass is 10.1. The number of benzene rings is 1. The molecule has 1 fully saturated rings. The normalized spacial score (nSPS) is 21.7. The molecule has 0 bridgehead atoms. The summed E-state index contributed by atoms with van der Waals surface area (Å²) in [6, 6.07) is 3.92. The van der Waals surface area contributed by atoms with Gasteiger partial charge in [-0.2, -0.15) is 0 Å². The Morgan fingerprint density at radius 3 is 2.85 bits per heavy atom. The van der Waals surface area contributed by atoms with Crippen molar-refractivity contribution in [2.75, 3.05) is 19.0 Å². The average Bonchev–Trinajstić information content (AvgIpc) is 2.89. The van der Waals surface area contributed by atoms with Crippen molar-refractivity contribution in [3.8, 4) is 0 Å². The predicted octanol–water partition coefficient (Wildman–Crippen LogP) is 1.35. The van der Waals surface area contributed by atoms with Crippen LogP contribution in [-0.2, 0) is 9.53 Å². The number of hydrogen-bond acceptors (Lipinski definition) is 4. The molecule has 3 N–H and O–H groups in total. The topological polar surface area (TPSA) is 87.7 Å². The second-order valence-corrected chi connectivity index (χ2v) is 4.97. The van der Waals surface area contributed by atoms with Crippen LogP contribution in [-0.4, -0.2) is 42.8 Å². The van der Waals surface area contributed by atoms with E-state index in [0.29, 0.717) is 18.0 Å². The molecule has 0 aliphatic carbocycles. The quantitative estimate of drug-likeness (QED) is 0.781. The number of rotatable bonds is 4. The minimum absolute atomic E-state index is 0.00471. The van der Waals surface area contributed by atoms with E-state index < -0.39 is 12.0 Å². The summed E-state index contributed by atoms with van der Waals surface area (Å²) >= 11 is 5.76. The van der Waals surface area contributed by atoms with E-state index in [1.807, 2.05) is 0 Å². The van der Waals surface area contributed by atoms with Crippen molar-refractivity contribution in [1.82, 2.24) is 5.32 Å². The molecule has 1 saturated heterocycles. The van der Waals surface area contributed by atoms with Crippen molar-refractivity contribution >= 4 is 29.2 Å². The molecule has 1 aliphatic heterocycles. The molecule has 0 radical (unpaired) electrons. The van der Waals surface area contributed by atoms with Crippen molar-refractivity contribution < 1.29 is 19.4 Å². The molecule has 108 valence electrons. The highest BCUT2D eigenvalue weighted by Crippen LogP contribution is 2.21. The Morgan fingerprint density at radius 2 is 2.25 bits per heavy atom. The van der Waals surface area contributed by atoms with Crippen LogP contribution in [0.25, 0.3) is 0 Å². The van der Waals surface area contributed by atoms with E-state index >= 15 is 0 Å². The maximum Gasteiger partial charge on any atom is 0.337 e. The second kappa shape index (κ2) is 6.21. The highest BCUT2D eigenvalue weighted by molar-refractivity contribution is 6.31. The zero-order valence-electron chi connectivity index (χ0n) is 10.9. The molecule has 20 heavy (non-hydrogen) atoms. The van der Waals surface area contributed by atoms with E-state index in [0.717, 1.165) is 0 Å². The summed E-state index contributed by atoms with van der Waals surface area (Å²) in [7, 11) is 1.59. The third-order valence-corrected chi connectivity index (χ3v) is 3.45. The summed E-state index contributed by atoms with van der Waals surface area (Å²) in [5.74, 6) is -1.42. The highest BCUT2D eigenvalue weighted by atomic mass is 35.5. The number of nitrogens with one attached hydrogen (secondary N) is 2. The number of amides is 1. The number of anilines is 1. The number of hydrogen-bond donors (Lipinski definition) is 3. The fourth-order valence-corrected chi connectivity index (χ4v) is 2.28. The maximum atomic E-state index is 12.1. The zero-order valence-corrected chi connectivity index (χ0v) is 11.6. The van der Waals surface area contributed by atoms with Gasteiger partial charge >= 0.3 is 5.97 Å². The first-order valence-corrected chi connectivity index (χ1v) is 6.49. The standard InChI is InChI=1S/C13H15ClN2O4/c1-20-8-5-11(15-6-8)12(17)16-10-3-2-7(14)4-9(10)13(18)19/h2-4,8,11,15H,5-6H2,1H3,(H,16,17)(H,18,19). The van der Waals surface area contributed by atoms with Gasteiger partial charge in [0.25, 0.3) is 0 Å². The van der Waals surface area contributed by atoms with Gasteiger partial charge in [0.15, 0.2) is 0 Å². The molecule has 2 rings (SSSR count). The number of carboxylic acid groups (broad SMARTS) is 1. The van der Waals surface area contributed by atoms with Gasteiger partial charge in [-0.15, -0.1) is 0 Å². The van der Waals surface area contributed by atoms with Crippen LogP contribution in [0.1, 0.15) is 16.8 Å². The third-order valence-electron chi connectivity index (χ3n) is 3.21. The van der Waals surface area contributed by atoms with Crippen molar-refractivity contribution in [3.63, 3.8) is 0 Å². The number of aromatic carboxylic acids is 1. The lowest BCUT2D eigenvalue weighted by Gasteiger charge is -2.13. The number of carbonyl (C=O) groups excluding carboxylic acids is 1. The van der Waals surface area contributed by atoms with Gasteiger partial charge in [0.1, 0.15) is 0 Å². The van der Waals surface area contributed by atoms with Gasteiger partial charge in [-0.1, -0.05) is 11.6 Å². The van der Waals surface area contributed by atoms with Gasteiger partial charge in [-0.05, 0) is 24.6 Å². The second-order valence-electron chi connectivity index (χ2n) is 4.54. The van der Waals surface area contributed by atoms with Crippen LogP contribution in [0.3, 0.4) is 0 Å². The molecule has 1 heterocycles. The number of methoxy groups -OCH3 is 1. The van der Waals surface area contributed by atoms with Crippen LogP contribution in [0, 0.1) is 0 Å². The largest absolute Gasteiger partial charge is 0.478 e. The Hall–Kier alpha value is -1.63. The Labute approximate surface area is 121 Å². The minimum atomic E-state index is -1.14. The fourth-order valence-electron chi connectivity index (χ4n) is 2.10. The van der Waals surface area contributed by atoms with Crippen LogP contribution in [0.2, 0.25) is 5.02 Å². The van der Waals surface area contributed by atoms with Crippen molar-refractivity contribution in [2.24, 2.45) is 0 Å². The molecule has 1 aromatic rings. The highest BCUT2D eigenvalue weighted by Gasteiger charge is 2.29.